The highest BCUT2D eigenvalue weighted by Gasteiger charge is 2.28. The van der Waals surface area contributed by atoms with Crippen LogP contribution in [0.5, 0.6) is 0 Å². The number of nitrogens with one attached hydrogen (secondary N) is 1. The first kappa shape index (κ1) is 19.5. The van der Waals surface area contributed by atoms with E-state index in [4.69, 9.17) is 16.3 Å². The number of aromatic nitrogens is 4. The summed E-state index contributed by atoms with van der Waals surface area (Å²) in [6.45, 7) is 3.61. The van der Waals surface area contributed by atoms with Gasteiger partial charge in [-0.2, -0.15) is 0 Å². The molecule has 158 valence electrons. The zero-order valence-corrected chi connectivity index (χ0v) is 17.4. The normalized spacial score (nSPS) is 23.8. The fourth-order valence-electron chi connectivity index (χ4n) is 4.08. The second kappa shape index (κ2) is 7.33. The Labute approximate surface area is 177 Å². The number of imidazole rings is 1. The summed E-state index contributed by atoms with van der Waals surface area (Å²) in [5, 5.41) is 13.3. The van der Waals surface area contributed by atoms with Crippen LogP contribution in [0.2, 0.25) is 5.02 Å². The van der Waals surface area contributed by atoms with Crippen LogP contribution in [-0.4, -0.2) is 63.6 Å². The SMILES string of the molecule is C[C@H]1CCN(C)c2nc3c(F)cc(-c4nc(N[C@@H]5COC[C@H]5O)ncc4Cl)cc3n21. The number of halogens is 2. The molecule has 1 fully saturated rings. The van der Waals surface area contributed by atoms with Gasteiger partial charge < -0.3 is 24.6 Å². The molecule has 3 aromatic rings. The summed E-state index contributed by atoms with van der Waals surface area (Å²) >= 11 is 6.37. The van der Waals surface area contributed by atoms with Crippen LogP contribution in [0, 0.1) is 5.82 Å². The van der Waals surface area contributed by atoms with E-state index in [1.165, 1.54) is 12.3 Å². The van der Waals surface area contributed by atoms with Crippen LogP contribution in [0.3, 0.4) is 0 Å². The second-order valence-corrected chi connectivity index (χ2v) is 8.32. The van der Waals surface area contributed by atoms with E-state index in [9.17, 15) is 5.11 Å². The first-order valence-corrected chi connectivity index (χ1v) is 10.3. The fraction of sp³-hybridized carbons (Fsp3) is 0.450. The van der Waals surface area contributed by atoms with E-state index in [2.05, 4.69) is 31.8 Å². The van der Waals surface area contributed by atoms with E-state index in [0.29, 0.717) is 39.9 Å². The van der Waals surface area contributed by atoms with Gasteiger partial charge in [0.2, 0.25) is 11.9 Å². The van der Waals surface area contributed by atoms with Gasteiger partial charge in [-0.25, -0.2) is 19.3 Å². The maximum absolute atomic E-state index is 15.0. The highest BCUT2D eigenvalue weighted by Crippen LogP contribution is 2.36. The Morgan fingerprint density at radius 3 is 2.90 bits per heavy atom. The van der Waals surface area contributed by atoms with Crippen LogP contribution in [0.1, 0.15) is 19.4 Å². The molecule has 0 unspecified atom stereocenters. The first-order valence-electron chi connectivity index (χ1n) is 9.90. The van der Waals surface area contributed by atoms with Gasteiger partial charge in [0.1, 0.15) is 5.52 Å². The Kier molecular flexibility index (Phi) is 4.76. The zero-order chi connectivity index (χ0) is 21.0. The topological polar surface area (TPSA) is 88.3 Å². The first-order chi connectivity index (χ1) is 14.4. The van der Waals surface area contributed by atoms with Crippen LogP contribution in [0.4, 0.5) is 16.3 Å². The van der Waals surface area contributed by atoms with Crippen molar-refractivity contribution in [3.8, 4) is 11.3 Å². The summed E-state index contributed by atoms with van der Waals surface area (Å²) in [7, 11) is 1.96. The molecule has 8 nitrogen and oxygen atoms in total. The van der Waals surface area contributed by atoms with Crippen molar-refractivity contribution in [1.29, 1.82) is 0 Å². The van der Waals surface area contributed by atoms with E-state index in [0.717, 1.165) is 18.9 Å². The summed E-state index contributed by atoms with van der Waals surface area (Å²) in [5.41, 5.74) is 2.00. The molecule has 1 saturated heterocycles. The van der Waals surface area contributed by atoms with E-state index in [1.807, 2.05) is 18.0 Å². The van der Waals surface area contributed by atoms with Crippen LogP contribution in [0.15, 0.2) is 18.3 Å². The van der Waals surface area contributed by atoms with Crippen molar-refractivity contribution in [3.63, 3.8) is 0 Å². The van der Waals surface area contributed by atoms with Crippen molar-refractivity contribution in [1.82, 2.24) is 19.5 Å². The molecule has 30 heavy (non-hydrogen) atoms. The minimum Gasteiger partial charge on any atom is -0.388 e. The minimum absolute atomic E-state index is 0.206. The summed E-state index contributed by atoms with van der Waals surface area (Å²) in [6.07, 6.45) is 1.78. The summed E-state index contributed by atoms with van der Waals surface area (Å²) in [4.78, 5) is 15.2. The van der Waals surface area contributed by atoms with Crippen molar-refractivity contribution in [2.24, 2.45) is 0 Å². The zero-order valence-electron chi connectivity index (χ0n) is 16.6. The lowest BCUT2D eigenvalue weighted by Crippen LogP contribution is -2.32. The van der Waals surface area contributed by atoms with Crippen molar-refractivity contribution in [2.75, 3.05) is 37.0 Å². The minimum atomic E-state index is -0.640. The van der Waals surface area contributed by atoms with Gasteiger partial charge in [-0.1, -0.05) is 11.6 Å². The highest BCUT2D eigenvalue weighted by atomic mass is 35.5. The molecule has 0 spiro atoms. The number of benzene rings is 1. The molecular formula is C20H22ClFN6O2. The number of aliphatic hydroxyl groups is 1. The smallest absolute Gasteiger partial charge is 0.223 e. The molecular weight excluding hydrogens is 411 g/mol. The van der Waals surface area contributed by atoms with Gasteiger partial charge in [-0.05, 0) is 25.5 Å². The molecule has 1 aromatic carbocycles. The molecule has 0 bridgehead atoms. The maximum Gasteiger partial charge on any atom is 0.223 e. The van der Waals surface area contributed by atoms with E-state index in [1.54, 1.807) is 0 Å². The lowest BCUT2D eigenvalue weighted by Gasteiger charge is -2.30. The Bertz CT molecular complexity index is 1120. The largest absolute Gasteiger partial charge is 0.388 e. The number of hydrogen-bond acceptors (Lipinski definition) is 7. The van der Waals surface area contributed by atoms with E-state index < -0.39 is 11.9 Å². The molecule has 10 heteroatoms. The van der Waals surface area contributed by atoms with Crippen molar-refractivity contribution in [2.45, 2.75) is 31.5 Å². The van der Waals surface area contributed by atoms with E-state index >= 15 is 4.39 Å². The summed E-state index contributed by atoms with van der Waals surface area (Å²) in [5.74, 6) is 0.632. The Hall–Kier alpha value is -2.49. The van der Waals surface area contributed by atoms with Gasteiger partial charge in [0, 0.05) is 25.2 Å². The number of hydrogen-bond donors (Lipinski definition) is 2. The Morgan fingerprint density at radius 1 is 1.30 bits per heavy atom. The maximum atomic E-state index is 15.0. The highest BCUT2D eigenvalue weighted by molar-refractivity contribution is 6.33. The number of anilines is 2. The molecule has 0 amide bonds. The van der Waals surface area contributed by atoms with Crippen LogP contribution >= 0.6 is 11.6 Å². The third kappa shape index (κ3) is 3.17. The standard InChI is InChI=1S/C20H22ClFN6O2/c1-10-3-4-27(2)20-26-18-13(22)5-11(6-15(18)28(10)20)17-12(21)7-23-19(25-17)24-14-8-30-9-16(14)29/h5-7,10,14,16,29H,3-4,8-9H2,1-2H3,(H,23,24,25)/t10-,14+,16+/m0/s1. The molecule has 0 radical (unpaired) electrons. The molecule has 2 aromatic heterocycles. The summed E-state index contributed by atoms with van der Waals surface area (Å²) in [6, 6.07) is 3.17. The molecule has 5 rings (SSSR count). The van der Waals surface area contributed by atoms with E-state index in [-0.39, 0.29) is 18.7 Å². The molecule has 2 aliphatic rings. The average molecular weight is 433 g/mol. The lowest BCUT2D eigenvalue weighted by molar-refractivity contribution is 0.125. The van der Waals surface area contributed by atoms with Crippen molar-refractivity contribution in [3.05, 3.63) is 29.2 Å². The summed E-state index contributed by atoms with van der Waals surface area (Å²) < 4.78 is 22.3. The third-order valence-corrected chi connectivity index (χ3v) is 6.05. The molecule has 3 atom stereocenters. The van der Waals surface area contributed by atoms with Crippen LogP contribution < -0.4 is 10.2 Å². The molecule has 4 heterocycles. The van der Waals surface area contributed by atoms with Crippen LogP contribution in [-0.2, 0) is 4.74 Å². The number of aliphatic hydroxyl groups excluding tert-OH is 1. The van der Waals surface area contributed by atoms with Gasteiger partial charge >= 0.3 is 0 Å². The van der Waals surface area contributed by atoms with Gasteiger partial charge in [0.05, 0.1) is 47.8 Å². The Balaban J connectivity index is 1.59. The van der Waals surface area contributed by atoms with Gasteiger partial charge in [-0.15, -0.1) is 0 Å². The van der Waals surface area contributed by atoms with Crippen molar-refractivity contribution < 1.29 is 14.2 Å². The van der Waals surface area contributed by atoms with Crippen LogP contribution in [0.25, 0.3) is 22.3 Å². The quantitative estimate of drug-likeness (QED) is 0.657. The van der Waals surface area contributed by atoms with Crippen molar-refractivity contribution >= 4 is 34.5 Å². The average Bonchev–Trinajstić information content (AvgIpc) is 3.31. The number of nitrogens with zero attached hydrogens (tertiary/aromatic N) is 5. The number of ether oxygens (including phenoxy) is 1. The lowest BCUT2D eigenvalue weighted by atomic mass is 10.1. The molecule has 0 aliphatic carbocycles. The predicted octanol–water partition coefficient (Wildman–Crippen LogP) is 2.86. The predicted molar refractivity (Wildman–Crippen MR) is 113 cm³/mol. The molecule has 2 N–H and O–H groups in total. The Morgan fingerprint density at radius 2 is 2.13 bits per heavy atom. The monoisotopic (exact) mass is 432 g/mol. The van der Waals surface area contributed by atoms with Gasteiger partial charge in [0.25, 0.3) is 0 Å². The van der Waals surface area contributed by atoms with Gasteiger partial charge in [0.15, 0.2) is 5.82 Å². The second-order valence-electron chi connectivity index (χ2n) is 7.91. The fourth-order valence-corrected chi connectivity index (χ4v) is 4.28. The molecule has 0 saturated carbocycles. The number of fused-ring (bicyclic) bond motifs is 3. The molecule has 2 aliphatic heterocycles. The van der Waals surface area contributed by atoms with Gasteiger partial charge in [-0.3, -0.25) is 0 Å². The number of rotatable bonds is 3. The third-order valence-electron chi connectivity index (χ3n) is 5.78.